The lowest BCUT2D eigenvalue weighted by Crippen LogP contribution is -2.39. The maximum absolute atomic E-state index is 11.6. The van der Waals surface area contributed by atoms with Crippen LogP contribution in [0.5, 0.6) is 0 Å². The summed E-state index contributed by atoms with van der Waals surface area (Å²) in [4.78, 5) is 22.9. The summed E-state index contributed by atoms with van der Waals surface area (Å²) in [6.07, 6.45) is 1.98. The number of carboxylic acids is 1. The van der Waals surface area contributed by atoms with Crippen molar-refractivity contribution in [1.29, 1.82) is 0 Å². The molecule has 1 aromatic rings. The van der Waals surface area contributed by atoms with Gasteiger partial charge in [-0.15, -0.1) is 0 Å². The highest BCUT2D eigenvalue weighted by atomic mass is 16.4. The number of carboxylic acid groups (broad SMARTS) is 1. The van der Waals surface area contributed by atoms with Crippen molar-refractivity contribution >= 4 is 12.0 Å². The van der Waals surface area contributed by atoms with Crippen LogP contribution in [0.4, 0.5) is 4.79 Å². The van der Waals surface area contributed by atoms with Crippen molar-refractivity contribution in [3.63, 3.8) is 0 Å². The number of amides is 2. The van der Waals surface area contributed by atoms with Gasteiger partial charge in [-0.1, -0.05) is 44.2 Å². The van der Waals surface area contributed by atoms with E-state index in [0.29, 0.717) is 18.0 Å². The van der Waals surface area contributed by atoms with Gasteiger partial charge >= 0.3 is 12.0 Å². The summed E-state index contributed by atoms with van der Waals surface area (Å²) in [5.41, 5.74) is 0.685. The Hall–Kier alpha value is -2.04. The van der Waals surface area contributed by atoms with E-state index < -0.39 is 11.9 Å². The van der Waals surface area contributed by atoms with Crippen LogP contribution in [-0.4, -0.2) is 30.2 Å². The van der Waals surface area contributed by atoms with Crippen LogP contribution in [0.2, 0.25) is 0 Å². The molecule has 0 aliphatic heterocycles. The average molecular weight is 292 g/mol. The topological polar surface area (TPSA) is 78.4 Å². The summed E-state index contributed by atoms with van der Waals surface area (Å²) in [5, 5.41) is 14.6. The molecule has 116 valence electrons. The fourth-order valence-electron chi connectivity index (χ4n) is 2.00. The van der Waals surface area contributed by atoms with Crippen molar-refractivity contribution in [2.75, 3.05) is 13.1 Å². The lowest BCUT2D eigenvalue weighted by molar-refractivity contribution is -0.138. The van der Waals surface area contributed by atoms with Crippen molar-refractivity contribution in [1.82, 2.24) is 10.6 Å². The third-order valence-electron chi connectivity index (χ3n) is 3.21. The van der Waals surface area contributed by atoms with E-state index in [0.717, 1.165) is 12.8 Å². The van der Waals surface area contributed by atoms with Crippen molar-refractivity contribution in [2.24, 2.45) is 5.92 Å². The molecule has 0 aromatic heterocycles. The number of hydrogen-bond donors (Lipinski definition) is 3. The second kappa shape index (κ2) is 9.00. The Balaban J connectivity index is 2.37. The number of hydrogen-bond acceptors (Lipinski definition) is 2. The first-order valence-electron chi connectivity index (χ1n) is 7.30. The van der Waals surface area contributed by atoms with Crippen molar-refractivity contribution < 1.29 is 14.7 Å². The van der Waals surface area contributed by atoms with Gasteiger partial charge in [0.1, 0.15) is 0 Å². The van der Waals surface area contributed by atoms with Crippen molar-refractivity contribution in [3.05, 3.63) is 35.9 Å². The molecular weight excluding hydrogens is 268 g/mol. The number of urea groups is 1. The van der Waals surface area contributed by atoms with E-state index in [2.05, 4.69) is 24.5 Å². The first-order chi connectivity index (χ1) is 10.0. The van der Waals surface area contributed by atoms with Gasteiger partial charge in [-0.3, -0.25) is 4.79 Å². The van der Waals surface area contributed by atoms with Crippen LogP contribution in [-0.2, 0) is 4.79 Å². The zero-order valence-corrected chi connectivity index (χ0v) is 12.6. The van der Waals surface area contributed by atoms with Crippen molar-refractivity contribution in [3.8, 4) is 0 Å². The van der Waals surface area contributed by atoms with Gasteiger partial charge in [0.15, 0.2) is 0 Å². The Morgan fingerprint density at radius 1 is 1.14 bits per heavy atom. The van der Waals surface area contributed by atoms with E-state index in [1.165, 1.54) is 0 Å². The second-order valence-corrected chi connectivity index (χ2v) is 5.47. The molecule has 0 saturated carbocycles. The SMILES string of the molecule is CC(C)CCCNC(=O)NCC(C(=O)O)c1ccccc1. The average Bonchev–Trinajstić information content (AvgIpc) is 2.44. The Morgan fingerprint density at radius 3 is 2.38 bits per heavy atom. The summed E-state index contributed by atoms with van der Waals surface area (Å²) in [6, 6.07) is 8.59. The number of carbonyl (C=O) groups excluding carboxylic acids is 1. The molecule has 0 heterocycles. The van der Waals surface area contributed by atoms with Crippen LogP contribution < -0.4 is 10.6 Å². The molecule has 0 radical (unpaired) electrons. The minimum absolute atomic E-state index is 0.0787. The lowest BCUT2D eigenvalue weighted by Gasteiger charge is -2.14. The predicted molar refractivity (Wildman–Crippen MR) is 82.3 cm³/mol. The second-order valence-electron chi connectivity index (χ2n) is 5.47. The number of aliphatic carboxylic acids is 1. The van der Waals surface area contributed by atoms with E-state index in [1.54, 1.807) is 24.3 Å². The van der Waals surface area contributed by atoms with Crippen LogP contribution in [0.3, 0.4) is 0 Å². The quantitative estimate of drug-likeness (QED) is 0.644. The Labute approximate surface area is 125 Å². The molecule has 1 atom stereocenters. The molecule has 0 aliphatic carbocycles. The van der Waals surface area contributed by atoms with Crippen LogP contribution in [0.25, 0.3) is 0 Å². The normalized spacial score (nSPS) is 12.0. The lowest BCUT2D eigenvalue weighted by atomic mass is 9.99. The summed E-state index contributed by atoms with van der Waals surface area (Å²) in [6.45, 7) is 4.96. The Morgan fingerprint density at radius 2 is 1.81 bits per heavy atom. The van der Waals surface area contributed by atoms with Gasteiger partial charge in [0.05, 0.1) is 5.92 Å². The monoisotopic (exact) mass is 292 g/mol. The molecule has 3 N–H and O–H groups in total. The van der Waals surface area contributed by atoms with E-state index in [9.17, 15) is 14.7 Å². The van der Waals surface area contributed by atoms with Gasteiger partial charge < -0.3 is 15.7 Å². The van der Waals surface area contributed by atoms with E-state index in [4.69, 9.17) is 0 Å². The molecule has 2 amide bonds. The molecule has 0 saturated heterocycles. The maximum atomic E-state index is 11.6. The smallest absolute Gasteiger partial charge is 0.314 e. The minimum Gasteiger partial charge on any atom is -0.481 e. The highest BCUT2D eigenvalue weighted by molar-refractivity contribution is 5.79. The van der Waals surface area contributed by atoms with Gasteiger partial charge in [-0.25, -0.2) is 4.79 Å². The summed E-state index contributed by atoms with van der Waals surface area (Å²) < 4.78 is 0. The zero-order chi connectivity index (χ0) is 15.7. The summed E-state index contributed by atoms with van der Waals surface area (Å²) >= 11 is 0. The van der Waals surface area contributed by atoms with E-state index >= 15 is 0 Å². The fraction of sp³-hybridized carbons (Fsp3) is 0.500. The van der Waals surface area contributed by atoms with Crippen LogP contribution in [0, 0.1) is 5.92 Å². The van der Waals surface area contributed by atoms with Crippen LogP contribution in [0.15, 0.2) is 30.3 Å². The van der Waals surface area contributed by atoms with Gasteiger partial charge in [0, 0.05) is 13.1 Å². The van der Waals surface area contributed by atoms with E-state index in [-0.39, 0.29) is 12.6 Å². The van der Waals surface area contributed by atoms with Crippen molar-refractivity contribution in [2.45, 2.75) is 32.6 Å². The number of benzene rings is 1. The van der Waals surface area contributed by atoms with Gasteiger partial charge in [0.2, 0.25) is 0 Å². The minimum atomic E-state index is -0.943. The van der Waals surface area contributed by atoms with E-state index in [1.807, 2.05) is 6.07 Å². The van der Waals surface area contributed by atoms with Crippen LogP contribution in [0.1, 0.15) is 38.2 Å². The van der Waals surface area contributed by atoms with Gasteiger partial charge in [0.25, 0.3) is 0 Å². The van der Waals surface area contributed by atoms with Gasteiger partial charge in [-0.05, 0) is 24.3 Å². The first-order valence-corrected chi connectivity index (χ1v) is 7.30. The summed E-state index contributed by atoms with van der Waals surface area (Å²) in [5.74, 6) is -1.06. The molecule has 0 fully saturated rings. The maximum Gasteiger partial charge on any atom is 0.314 e. The largest absolute Gasteiger partial charge is 0.481 e. The molecule has 5 heteroatoms. The molecule has 0 bridgehead atoms. The number of rotatable bonds is 8. The summed E-state index contributed by atoms with van der Waals surface area (Å²) in [7, 11) is 0. The van der Waals surface area contributed by atoms with Gasteiger partial charge in [-0.2, -0.15) is 0 Å². The highest BCUT2D eigenvalue weighted by Gasteiger charge is 2.20. The fourth-order valence-corrected chi connectivity index (χ4v) is 2.00. The Kier molecular flexibility index (Phi) is 7.29. The number of carbonyl (C=O) groups is 2. The number of nitrogens with one attached hydrogen (secondary N) is 2. The molecule has 1 rings (SSSR count). The third-order valence-corrected chi connectivity index (χ3v) is 3.21. The molecule has 5 nitrogen and oxygen atoms in total. The molecule has 1 unspecified atom stereocenters. The molecular formula is C16H24N2O3. The Bertz CT molecular complexity index is 446. The predicted octanol–water partition coefficient (Wildman–Crippen LogP) is 2.59. The first kappa shape index (κ1) is 17.0. The zero-order valence-electron chi connectivity index (χ0n) is 12.6. The molecule has 21 heavy (non-hydrogen) atoms. The molecule has 0 aliphatic rings. The molecule has 0 spiro atoms. The van der Waals surface area contributed by atoms with Crippen LogP contribution >= 0.6 is 0 Å². The highest BCUT2D eigenvalue weighted by Crippen LogP contribution is 2.14. The standard InChI is InChI=1S/C16H24N2O3/c1-12(2)7-6-10-17-16(21)18-11-14(15(19)20)13-8-4-3-5-9-13/h3-5,8-9,12,14H,6-7,10-11H2,1-2H3,(H,19,20)(H2,17,18,21). The third kappa shape index (κ3) is 6.79. The molecule has 1 aromatic carbocycles.